The highest BCUT2D eigenvalue weighted by Crippen LogP contribution is 2.35. The number of likely N-dealkylation sites (tertiary alicyclic amines) is 2. The standard InChI is InChI=1S/C22H34N4O3/c1-18-16-23-26(17-18)12-6-20(27)24-10-4-19(5-11-24)21(28)25-13-8-22(9-14-25)7-2-3-15-29-22/h16-17,19H,2-15H2,1H3. The van der Waals surface area contributed by atoms with Crippen molar-refractivity contribution in [2.24, 2.45) is 5.92 Å². The number of rotatable bonds is 4. The summed E-state index contributed by atoms with van der Waals surface area (Å²) < 4.78 is 7.91. The lowest BCUT2D eigenvalue weighted by Gasteiger charge is -2.45. The molecule has 29 heavy (non-hydrogen) atoms. The predicted molar refractivity (Wildman–Crippen MR) is 109 cm³/mol. The van der Waals surface area contributed by atoms with E-state index in [1.807, 2.05) is 33.8 Å². The van der Waals surface area contributed by atoms with Gasteiger partial charge in [0.1, 0.15) is 0 Å². The number of hydrogen-bond donors (Lipinski definition) is 0. The van der Waals surface area contributed by atoms with Gasteiger partial charge in [-0.1, -0.05) is 0 Å². The molecule has 4 heterocycles. The number of amides is 2. The number of carbonyl (C=O) groups excluding carboxylic acids is 2. The maximum absolute atomic E-state index is 13.0. The van der Waals surface area contributed by atoms with E-state index in [1.165, 1.54) is 12.8 Å². The fourth-order valence-electron chi connectivity index (χ4n) is 5.03. The third-order valence-corrected chi connectivity index (χ3v) is 6.94. The van der Waals surface area contributed by atoms with Gasteiger partial charge in [-0.25, -0.2) is 0 Å². The lowest BCUT2D eigenvalue weighted by molar-refractivity contribution is -0.149. The molecule has 0 radical (unpaired) electrons. The Morgan fingerprint density at radius 2 is 1.86 bits per heavy atom. The van der Waals surface area contributed by atoms with Crippen molar-refractivity contribution in [3.8, 4) is 0 Å². The van der Waals surface area contributed by atoms with Gasteiger partial charge in [0, 0.05) is 57.9 Å². The molecule has 2 amide bonds. The van der Waals surface area contributed by atoms with Crippen molar-refractivity contribution in [1.29, 1.82) is 0 Å². The fourth-order valence-corrected chi connectivity index (χ4v) is 5.03. The number of carbonyl (C=O) groups is 2. The van der Waals surface area contributed by atoms with E-state index in [2.05, 4.69) is 5.10 Å². The molecule has 160 valence electrons. The largest absolute Gasteiger partial charge is 0.375 e. The van der Waals surface area contributed by atoms with E-state index in [4.69, 9.17) is 4.74 Å². The lowest BCUT2D eigenvalue weighted by Crippen LogP contribution is -2.52. The molecule has 1 spiro atoms. The monoisotopic (exact) mass is 402 g/mol. The quantitative estimate of drug-likeness (QED) is 0.776. The minimum Gasteiger partial charge on any atom is -0.375 e. The van der Waals surface area contributed by atoms with Gasteiger partial charge in [-0.05, 0) is 57.4 Å². The molecule has 0 aliphatic carbocycles. The van der Waals surface area contributed by atoms with Gasteiger partial charge in [0.2, 0.25) is 11.8 Å². The first kappa shape index (κ1) is 20.4. The average molecular weight is 403 g/mol. The SMILES string of the molecule is Cc1cnn(CCC(=O)N2CCC(C(=O)N3CCC4(CCCCO4)CC3)CC2)c1. The van der Waals surface area contributed by atoms with E-state index >= 15 is 0 Å². The van der Waals surface area contributed by atoms with Crippen LogP contribution < -0.4 is 0 Å². The molecule has 0 atom stereocenters. The van der Waals surface area contributed by atoms with Gasteiger partial charge in [-0.3, -0.25) is 14.3 Å². The van der Waals surface area contributed by atoms with Crippen LogP contribution in [-0.4, -0.2) is 69.8 Å². The molecular formula is C22H34N4O3. The highest BCUT2D eigenvalue weighted by Gasteiger charge is 2.39. The van der Waals surface area contributed by atoms with Crippen molar-refractivity contribution >= 4 is 11.8 Å². The van der Waals surface area contributed by atoms with E-state index in [0.717, 1.165) is 57.4 Å². The number of aromatic nitrogens is 2. The second-order valence-electron chi connectivity index (χ2n) is 9.00. The lowest BCUT2D eigenvalue weighted by atomic mass is 9.84. The molecule has 3 aliphatic heterocycles. The Labute approximate surface area is 173 Å². The van der Waals surface area contributed by atoms with E-state index in [1.54, 1.807) is 0 Å². The van der Waals surface area contributed by atoms with Gasteiger partial charge in [0.25, 0.3) is 0 Å². The summed E-state index contributed by atoms with van der Waals surface area (Å²) in [6.45, 7) is 6.51. The van der Waals surface area contributed by atoms with Crippen LogP contribution >= 0.6 is 0 Å². The van der Waals surface area contributed by atoms with E-state index < -0.39 is 0 Å². The van der Waals surface area contributed by atoms with Crippen LogP contribution in [0.3, 0.4) is 0 Å². The van der Waals surface area contributed by atoms with Crippen molar-refractivity contribution in [3.05, 3.63) is 18.0 Å². The predicted octanol–water partition coefficient (Wildman–Crippen LogP) is 2.38. The van der Waals surface area contributed by atoms with Crippen LogP contribution in [-0.2, 0) is 20.9 Å². The van der Waals surface area contributed by atoms with Crippen LogP contribution in [0, 0.1) is 12.8 Å². The van der Waals surface area contributed by atoms with Crippen molar-refractivity contribution in [1.82, 2.24) is 19.6 Å². The Morgan fingerprint density at radius 3 is 2.48 bits per heavy atom. The zero-order chi connectivity index (χ0) is 20.3. The maximum Gasteiger partial charge on any atom is 0.225 e. The molecule has 7 heteroatoms. The molecule has 1 aromatic rings. The third-order valence-electron chi connectivity index (χ3n) is 6.94. The Hall–Kier alpha value is -1.89. The zero-order valence-corrected chi connectivity index (χ0v) is 17.6. The summed E-state index contributed by atoms with van der Waals surface area (Å²) in [5.74, 6) is 0.516. The average Bonchev–Trinajstić information content (AvgIpc) is 3.18. The molecule has 0 N–H and O–H groups in total. The van der Waals surface area contributed by atoms with Gasteiger partial charge in [0.05, 0.1) is 11.8 Å². The second kappa shape index (κ2) is 8.86. The molecule has 0 unspecified atom stereocenters. The fraction of sp³-hybridized carbons (Fsp3) is 0.773. The van der Waals surface area contributed by atoms with Crippen LogP contribution in [0.1, 0.15) is 56.9 Å². The third kappa shape index (κ3) is 4.82. The molecule has 7 nitrogen and oxygen atoms in total. The minimum absolute atomic E-state index is 0.0396. The number of aryl methyl sites for hydroxylation is 2. The van der Waals surface area contributed by atoms with Gasteiger partial charge < -0.3 is 14.5 Å². The summed E-state index contributed by atoms with van der Waals surface area (Å²) in [7, 11) is 0. The highest BCUT2D eigenvalue weighted by atomic mass is 16.5. The topological polar surface area (TPSA) is 67.7 Å². The smallest absolute Gasteiger partial charge is 0.225 e. The van der Waals surface area contributed by atoms with Crippen LogP contribution in [0.5, 0.6) is 0 Å². The second-order valence-corrected chi connectivity index (χ2v) is 9.00. The number of piperidine rings is 2. The van der Waals surface area contributed by atoms with Crippen LogP contribution in [0.2, 0.25) is 0 Å². The first-order chi connectivity index (χ1) is 14.0. The number of ether oxygens (including phenoxy) is 1. The molecule has 0 bridgehead atoms. The molecule has 4 rings (SSSR count). The van der Waals surface area contributed by atoms with Crippen LogP contribution in [0.25, 0.3) is 0 Å². The highest BCUT2D eigenvalue weighted by molar-refractivity contribution is 5.80. The molecule has 1 aromatic heterocycles. The van der Waals surface area contributed by atoms with Crippen LogP contribution in [0.4, 0.5) is 0 Å². The molecule has 0 aromatic carbocycles. The normalized spacial score (nSPS) is 22.8. The first-order valence-electron chi connectivity index (χ1n) is 11.2. The molecule has 3 saturated heterocycles. The minimum atomic E-state index is 0.0396. The first-order valence-corrected chi connectivity index (χ1v) is 11.2. The summed E-state index contributed by atoms with van der Waals surface area (Å²) in [4.78, 5) is 29.5. The summed E-state index contributed by atoms with van der Waals surface area (Å²) in [5, 5.41) is 4.24. The van der Waals surface area contributed by atoms with Gasteiger partial charge in [0.15, 0.2) is 0 Å². The van der Waals surface area contributed by atoms with Gasteiger partial charge in [-0.15, -0.1) is 0 Å². The zero-order valence-electron chi connectivity index (χ0n) is 17.6. The van der Waals surface area contributed by atoms with Gasteiger partial charge >= 0.3 is 0 Å². The molecule has 3 fully saturated rings. The van der Waals surface area contributed by atoms with Gasteiger partial charge in [-0.2, -0.15) is 5.10 Å². The number of hydrogen-bond acceptors (Lipinski definition) is 4. The Morgan fingerprint density at radius 1 is 1.10 bits per heavy atom. The van der Waals surface area contributed by atoms with E-state index in [-0.39, 0.29) is 23.3 Å². The van der Waals surface area contributed by atoms with Crippen molar-refractivity contribution < 1.29 is 14.3 Å². The summed E-state index contributed by atoms with van der Waals surface area (Å²) >= 11 is 0. The Bertz CT molecular complexity index is 707. The molecule has 0 saturated carbocycles. The maximum atomic E-state index is 13.0. The van der Waals surface area contributed by atoms with Crippen LogP contribution in [0.15, 0.2) is 12.4 Å². The summed E-state index contributed by atoms with van der Waals surface area (Å²) in [5.41, 5.74) is 1.15. The summed E-state index contributed by atoms with van der Waals surface area (Å²) in [6, 6.07) is 0. The summed E-state index contributed by atoms with van der Waals surface area (Å²) in [6.07, 6.45) is 11.3. The Balaban J connectivity index is 1.20. The van der Waals surface area contributed by atoms with E-state index in [9.17, 15) is 9.59 Å². The number of nitrogens with zero attached hydrogens (tertiary/aromatic N) is 4. The van der Waals surface area contributed by atoms with Crippen molar-refractivity contribution in [2.45, 2.75) is 70.4 Å². The molecular weight excluding hydrogens is 368 g/mol. The van der Waals surface area contributed by atoms with E-state index in [0.29, 0.717) is 26.1 Å². The molecule has 3 aliphatic rings. The van der Waals surface area contributed by atoms with Crippen molar-refractivity contribution in [2.75, 3.05) is 32.8 Å². The van der Waals surface area contributed by atoms with Crippen molar-refractivity contribution in [3.63, 3.8) is 0 Å². The Kier molecular flexibility index (Phi) is 6.23.